The SMILES string of the molecule is N#CC(CC(=O)O)C1CCC1. The molecule has 1 unspecified atom stereocenters. The molecule has 0 bridgehead atoms. The van der Waals surface area contributed by atoms with Gasteiger partial charge < -0.3 is 5.11 Å². The van der Waals surface area contributed by atoms with Gasteiger partial charge in [0.05, 0.1) is 18.4 Å². The highest BCUT2D eigenvalue weighted by Crippen LogP contribution is 2.34. The fourth-order valence-corrected chi connectivity index (χ4v) is 1.35. The molecule has 1 atom stereocenters. The second-order valence-corrected chi connectivity index (χ2v) is 3.02. The Balaban J connectivity index is 2.37. The molecule has 3 nitrogen and oxygen atoms in total. The van der Waals surface area contributed by atoms with Gasteiger partial charge in [0.2, 0.25) is 0 Å². The van der Waals surface area contributed by atoms with E-state index in [0.717, 1.165) is 19.3 Å². The van der Waals surface area contributed by atoms with Crippen LogP contribution in [0.1, 0.15) is 25.7 Å². The third kappa shape index (κ3) is 1.94. The van der Waals surface area contributed by atoms with Gasteiger partial charge in [-0.05, 0) is 18.8 Å². The van der Waals surface area contributed by atoms with Crippen molar-refractivity contribution in [2.45, 2.75) is 25.7 Å². The number of carboxylic acid groups (broad SMARTS) is 1. The minimum atomic E-state index is -0.858. The van der Waals surface area contributed by atoms with Gasteiger partial charge in [0, 0.05) is 0 Å². The lowest BCUT2D eigenvalue weighted by molar-refractivity contribution is -0.138. The molecule has 0 radical (unpaired) electrons. The zero-order valence-electron chi connectivity index (χ0n) is 6.29. The van der Waals surface area contributed by atoms with Crippen LogP contribution in [-0.2, 0) is 4.79 Å². The van der Waals surface area contributed by atoms with Gasteiger partial charge in [-0.1, -0.05) is 6.42 Å². The topological polar surface area (TPSA) is 61.1 Å². The van der Waals surface area contributed by atoms with E-state index < -0.39 is 5.97 Å². The van der Waals surface area contributed by atoms with Crippen molar-refractivity contribution in [3.63, 3.8) is 0 Å². The van der Waals surface area contributed by atoms with Crippen molar-refractivity contribution in [2.75, 3.05) is 0 Å². The highest BCUT2D eigenvalue weighted by Gasteiger charge is 2.28. The first-order chi connectivity index (χ1) is 5.24. The van der Waals surface area contributed by atoms with Gasteiger partial charge in [-0.25, -0.2) is 0 Å². The van der Waals surface area contributed by atoms with Crippen LogP contribution in [0.2, 0.25) is 0 Å². The number of hydrogen-bond acceptors (Lipinski definition) is 2. The lowest BCUT2D eigenvalue weighted by atomic mass is 9.75. The van der Waals surface area contributed by atoms with Gasteiger partial charge in [0.25, 0.3) is 0 Å². The predicted octanol–water partition coefficient (Wildman–Crippen LogP) is 1.40. The van der Waals surface area contributed by atoms with Crippen molar-refractivity contribution in [3.8, 4) is 6.07 Å². The molecule has 1 saturated carbocycles. The van der Waals surface area contributed by atoms with E-state index in [1.54, 1.807) is 0 Å². The van der Waals surface area contributed by atoms with Gasteiger partial charge in [0.1, 0.15) is 0 Å². The van der Waals surface area contributed by atoms with Crippen molar-refractivity contribution in [2.24, 2.45) is 11.8 Å². The van der Waals surface area contributed by atoms with Gasteiger partial charge in [-0.15, -0.1) is 0 Å². The van der Waals surface area contributed by atoms with E-state index >= 15 is 0 Å². The second kappa shape index (κ2) is 3.38. The number of carbonyl (C=O) groups is 1. The molecule has 0 aromatic rings. The van der Waals surface area contributed by atoms with Crippen LogP contribution in [-0.4, -0.2) is 11.1 Å². The number of nitriles is 1. The minimum Gasteiger partial charge on any atom is -0.481 e. The van der Waals surface area contributed by atoms with Gasteiger partial charge >= 0.3 is 5.97 Å². The summed E-state index contributed by atoms with van der Waals surface area (Å²) in [5, 5.41) is 17.0. The molecule has 0 amide bonds. The summed E-state index contributed by atoms with van der Waals surface area (Å²) in [6.07, 6.45) is 3.24. The molecule has 1 fully saturated rings. The van der Waals surface area contributed by atoms with Crippen LogP contribution in [0, 0.1) is 23.2 Å². The molecular weight excluding hydrogens is 142 g/mol. The summed E-state index contributed by atoms with van der Waals surface area (Å²) in [5.74, 6) is -0.749. The lowest BCUT2D eigenvalue weighted by Gasteiger charge is -2.28. The average molecular weight is 153 g/mol. The number of rotatable bonds is 3. The van der Waals surface area contributed by atoms with E-state index in [1.165, 1.54) is 0 Å². The maximum absolute atomic E-state index is 10.3. The maximum Gasteiger partial charge on any atom is 0.304 e. The zero-order chi connectivity index (χ0) is 8.27. The smallest absolute Gasteiger partial charge is 0.304 e. The van der Waals surface area contributed by atoms with Gasteiger partial charge in [-0.2, -0.15) is 5.26 Å². The van der Waals surface area contributed by atoms with Crippen molar-refractivity contribution < 1.29 is 9.90 Å². The molecule has 11 heavy (non-hydrogen) atoms. The summed E-state index contributed by atoms with van der Waals surface area (Å²) in [6, 6.07) is 2.05. The molecule has 0 aromatic carbocycles. The fraction of sp³-hybridized carbons (Fsp3) is 0.750. The van der Waals surface area contributed by atoms with E-state index in [9.17, 15) is 4.79 Å². The van der Waals surface area contributed by atoms with E-state index in [-0.39, 0.29) is 12.3 Å². The highest BCUT2D eigenvalue weighted by atomic mass is 16.4. The van der Waals surface area contributed by atoms with Crippen molar-refractivity contribution in [1.29, 1.82) is 5.26 Å². The van der Waals surface area contributed by atoms with Crippen molar-refractivity contribution in [1.82, 2.24) is 0 Å². The summed E-state index contributed by atoms with van der Waals surface area (Å²) in [4.78, 5) is 10.3. The Morgan fingerprint density at radius 3 is 2.64 bits per heavy atom. The average Bonchev–Trinajstić information content (AvgIpc) is 1.81. The second-order valence-electron chi connectivity index (χ2n) is 3.02. The zero-order valence-corrected chi connectivity index (χ0v) is 6.29. The van der Waals surface area contributed by atoms with E-state index in [2.05, 4.69) is 6.07 Å². The van der Waals surface area contributed by atoms with Crippen LogP contribution >= 0.6 is 0 Å². The first-order valence-corrected chi connectivity index (χ1v) is 3.85. The third-order valence-corrected chi connectivity index (χ3v) is 2.28. The quantitative estimate of drug-likeness (QED) is 0.666. The number of hydrogen-bond donors (Lipinski definition) is 1. The summed E-state index contributed by atoms with van der Waals surface area (Å²) < 4.78 is 0. The molecule has 0 saturated heterocycles. The normalized spacial score (nSPS) is 19.9. The molecule has 3 heteroatoms. The molecule has 0 aliphatic heterocycles. The Bertz CT molecular complexity index is 191. The van der Waals surface area contributed by atoms with Gasteiger partial charge in [-0.3, -0.25) is 4.79 Å². The first kappa shape index (κ1) is 8.06. The third-order valence-electron chi connectivity index (χ3n) is 2.28. The Kier molecular flexibility index (Phi) is 2.48. The van der Waals surface area contributed by atoms with Gasteiger partial charge in [0.15, 0.2) is 0 Å². The van der Waals surface area contributed by atoms with Crippen LogP contribution < -0.4 is 0 Å². The molecule has 1 aliphatic rings. The largest absolute Gasteiger partial charge is 0.481 e. The van der Waals surface area contributed by atoms with Crippen molar-refractivity contribution in [3.05, 3.63) is 0 Å². The first-order valence-electron chi connectivity index (χ1n) is 3.85. The monoisotopic (exact) mass is 153 g/mol. The lowest BCUT2D eigenvalue weighted by Crippen LogP contribution is -2.22. The molecular formula is C8H11NO2. The molecule has 1 rings (SSSR count). The maximum atomic E-state index is 10.3. The van der Waals surface area contributed by atoms with Crippen LogP contribution in [0.3, 0.4) is 0 Å². The van der Waals surface area contributed by atoms with E-state index in [1.807, 2.05) is 0 Å². The number of nitrogens with zero attached hydrogens (tertiary/aromatic N) is 1. The van der Waals surface area contributed by atoms with Crippen LogP contribution in [0.5, 0.6) is 0 Å². The van der Waals surface area contributed by atoms with E-state index in [4.69, 9.17) is 10.4 Å². The van der Waals surface area contributed by atoms with E-state index in [0.29, 0.717) is 5.92 Å². The molecule has 1 aliphatic carbocycles. The Morgan fingerprint density at radius 2 is 2.36 bits per heavy atom. The summed E-state index contributed by atoms with van der Waals surface area (Å²) in [6.45, 7) is 0. The minimum absolute atomic E-state index is 0.0150. The Morgan fingerprint density at radius 1 is 1.73 bits per heavy atom. The molecule has 0 aromatic heterocycles. The Labute approximate surface area is 65.6 Å². The summed E-state index contributed by atoms with van der Waals surface area (Å²) in [5.41, 5.74) is 0. The van der Waals surface area contributed by atoms with Crippen LogP contribution in [0.4, 0.5) is 0 Å². The van der Waals surface area contributed by atoms with Crippen LogP contribution in [0.15, 0.2) is 0 Å². The summed E-state index contributed by atoms with van der Waals surface area (Å²) in [7, 11) is 0. The molecule has 0 heterocycles. The molecule has 0 spiro atoms. The number of aliphatic carboxylic acids is 1. The molecule has 1 N–H and O–H groups in total. The van der Waals surface area contributed by atoms with Crippen molar-refractivity contribution >= 4 is 5.97 Å². The molecule has 60 valence electrons. The Hall–Kier alpha value is -1.04. The standard InChI is InChI=1S/C8H11NO2/c9-5-7(4-8(10)11)6-2-1-3-6/h6-7H,1-4H2,(H,10,11). The number of carboxylic acids is 1. The summed E-state index contributed by atoms with van der Waals surface area (Å²) >= 11 is 0. The van der Waals surface area contributed by atoms with Crippen LogP contribution in [0.25, 0.3) is 0 Å². The highest BCUT2D eigenvalue weighted by molar-refractivity contribution is 5.67. The predicted molar refractivity (Wildman–Crippen MR) is 38.7 cm³/mol. The fourth-order valence-electron chi connectivity index (χ4n) is 1.35.